The lowest BCUT2D eigenvalue weighted by molar-refractivity contribution is -0.274. The van der Waals surface area contributed by atoms with Crippen LogP contribution in [0, 0.1) is 0 Å². The number of H-pyrrole nitrogens is 1. The van der Waals surface area contributed by atoms with Gasteiger partial charge >= 0.3 is 6.36 Å². The van der Waals surface area contributed by atoms with Gasteiger partial charge in [-0.1, -0.05) is 11.8 Å². The Hall–Kier alpha value is -1.96. The van der Waals surface area contributed by atoms with Crippen molar-refractivity contribution in [1.29, 1.82) is 0 Å². The van der Waals surface area contributed by atoms with E-state index in [0.29, 0.717) is 4.90 Å². The molecule has 2 aromatic rings. The molecule has 0 aliphatic heterocycles. The highest BCUT2D eigenvalue weighted by molar-refractivity contribution is 7.99. The maximum absolute atomic E-state index is 12.0. The molecule has 0 aliphatic rings. The molecule has 8 heteroatoms. The van der Waals surface area contributed by atoms with Crippen LogP contribution in [-0.2, 0) is 0 Å². The molecule has 100 valence electrons. The van der Waals surface area contributed by atoms with E-state index in [9.17, 15) is 18.0 Å². The van der Waals surface area contributed by atoms with E-state index in [0.717, 1.165) is 11.8 Å². The third kappa shape index (κ3) is 4.02. The lowest BCUT2D eigenvalue weighted by atomic mass is 10.3. The van der Waals surface area contributed by atoms with Crippen molar-refractivity contribution in [2.75, 3.05) is 0 Å². The molecule has 0 saturated heterocycles. The van der Waals surface area contributed by atoms with Crippen molar-refractivity contribution < 1.29 is 17.9 Å². The predicted molar refractivity (Wildman–Crippen MR) is 62.1 cm³/mol. The Kier molecular flexibility index (Phi) is 3.79. The Labute approximate surface area is 109 Å². The topological polar surface area (TPSA) is 55.0 Å². The number of ether oxygens (including phenoxy) is 1. The summed E-state index contributed by atoms with van der Waals surface area (Å²) < 4.78 is 39.6. The monoisotopic (exact) mass is 288 g/mol. The van der Waals surface area contributed by atoms with Crippen molar-refractivity contribution in [1.82, 2.24) is 9.97 Å². The van der Waals surface area contributed by atoms with Crippen molar-refractivity contribution >= 4 is 11.8 Å². The van der Waals surface area contributed by atoms with Crippen LogP contribution in [0.1, 0.15) is 0 Å². The van der Waals surface area contributed by atoms with Crippen LogP contribution in [0.2, 0.25) is 0 Å². The standard InChI is InChI=1S/C11H7F3N2O2S/c12-11(13,14)18-7-1-3-8(4-2-7)19-10-9(17)15-5-6-16-10/h1-6H,(H,15,17). The molecular weight excluding hydrogens is 281 g/mol. The Morgan fingerprint density at radius 3 is 2.47 bits per heavy atom. The fraction of sp³-hybridized carbons (Fsp3) is 0.0909. The molecule has 0 radical (unpaired) electrons. The Balaban J connectivity index is 2.11. The average molecular weight is 288 g/mol. The summed E-state index contributed by atoms with van der Waals surface area (Å²) in [5.74, 6) is -0.313. The van der Waals surface area contributed by atoms with Crippen molar-refractivity contribution in [3.8, 4) is 5.75 Å². The number of nitrogens with zero attached hydrogens (tertiary/aromatic N) is 1. The molecule has 1 heterocycles. The number of hydrogen-bond acceptors (Lipinski definition) is 4. The summed E-state index contributed by atoms with van der Waals surface area (Å²) in [7, 11) is 0. The first-order chi connectivity index (χ1) is 8.94. The molecule has 0 aliphatic carbocycles. The van der Waals surface area contributed by atoms with E-state index in [4.69, 9.17) is 0 Å². The van der Waals surface area contributed by atoms with Gasteiger partial charge < -0.3 is 9.72 Å². The van der Waals surface area contributed by atoms with Crippen LogP contribution in [0.3, 0.4) is 0 Å². The van der Waals surface area contributed by atoms with E-state index < -0.39 is 6.36 Å². The molecule has 1 aromatic carbocycles. The van der Waals surface area contributed by atoms with Gasteiger partial charge in [-0.15, -0.1) is 13.2 Å². The minimum Gasteiger partial charge on any atom is -0.406 e. The van der Waals surface area contributed by atoms with E-state index in [1.807, 2.05) is 0 Å². The summed E-state index contributed by atoms with van der Waals surface area (Å²) in [5, 5.41) is 0.215. The molecule has 1 N–H and O–H groups in total. The molecule has 0 spiro atoms. The first-order valence-corrected chi connectivity index (χ1v) is 5.83. The molecule has 1 aromatic heterocycles. The smallest absolute Gasteiger partial charge is 0.406 e. The highest BCUT2D eigenvalue weighted by Crippen LogP contribution is 2.27. The largest absolute Gasteiger partial charge is 0.573 e. The number of rotatable bonds is 3. The van der Waals surface area contributed by atoms with E-state index >= 15 is 0 Å². The number of alkyl halides is 3. The Bertz CT molecular complexity index is 610. The van der Waals surface area contributed by atoms with Crippen LogP contribution >= 0.6 is 11.8 Å². The van der Waals surface area contributed by atoms with Gasteiger partial charge in [0.2, 0.25) is 0 Å². The van der Waals surface area contributed by atoms with Gasteiger partial charge in [0.05, 0.1) is 0 Å². The van der Waals surface area contributed by atoms with E-state index in [1.54, 1.807) is 0 Å². The average Bonchev–Trinajstić information content (AvgIpc) is 2.33. The van der Waals surface area contributed by atoms with E-state index in [-0.39, 0.29) is 16.3 Å². The molecule has 0 unspecified atom stereocenters. The van der Waals surface area contributed by atoms with E-state index in [2.05, 4.69) is 14.7 Å². The van der Waals surface area contributed by atoms with Gasteiger partial charge in [0.1, 0.15) is 5.75 Å². The highest BCUT2D eigenvalue weighted by atomic mass is 32.2. The quantitative estimate of drug-likeness (QED) is 0.943. The van der Waals surface area contributed by atoms with Gasteiger partial charge in [0.15, 0.2) is 5.03 Å². The number of halogens is 3. The maximum atomic E-state index is 12.0. The lowest BCUT2D eigenvalue weighted by Gasteiger charge is -2.08. The van der Waals surface area contributed by atoms with Crippen molar-refractivity contribution in [3.63, 3.8) is 0 Å². The number of hydrogen-bond donors (Lipinski definition) is 1. The first-order valence-electron chi connectivity index (χ1n) is 5.01. The van der Waals surface area contributed by atoms with Crippen LogP contribution in [0.25, 0.3) is 0 Å². The second-order valence-corrected chi connectivity index (χ2v) is 4.41. The second-order valence-electron chi connectivity index (χ2n) is 3.34. The molecule has 19 heavy (non-hydrogen) atoms. The molecule has 0 bridgehead atoms. The molecule has 0 amide bonds. The van der Waals surface area contributed by atoms with Gasteiger partial charge in [0.25, 0.3) is 5.56 Å². The number of benzene rings is 1. The molecule has 2 rings (SSSR count). The zero-order valence-corrected chi connectivity index (χ0v) is 10.1. The normalized spacial score (nSPS) is 11.3. The predicted octanol–water partition coefficient (Wildman–Crippen LogP) is 2.82. The molecule has 4 nitrogen and oxygen atoms in total. The summed E-state index contributed by atoms with van der Waals surface area (Å²) in [5.41, 5.74) is -0.358. The van der Waals surface area contributed by atoms with Crippen LogP contribution in [0.15, 0.2) is 51.4 Å². The maximum Gasteiger partial charge on any atom is 0.573 e. The zero-order valence-electron chi connectivity index (χ0n) is 9.27. The van der Waals surface area contributed by atoms with Crippen LogP contribution in [0.4, 0.5) is 13.2 Å². The van der Waals surface area contributed by atoms with Crippen molar-refractivity contribution in [3.05, 3.63) is 47.0 Å². The first kappa shape index (κ1) is 13.5. The minimum absolute atomic E-state index is 0.215. The van der Waals surface area contributed by atoms with E-state index in [1.165, 1.54) is 36.7 Å². The number of aromatic nitrogens is 2. The van der Waals surface area contributed by atoms with Gasteiger partial charge in [-0.2, -0.15) is 0 Å². The molecule has 0 saturated carbocycles. The summed E-state index contributed by atoms with van der Waals surface area (Å²) in [6, 6.07) is 5.18. The molecule has 0 fully saturated rings. The minimum atomic E-state index is -4.72. The fourth-order valence-electron chi connectivity index (χ4n) is 1.23. The fourth-order valence-corrected chi connectivity index (χ4v) is 1.99. The summed E-state index contributed by atoms with van der Waals surface area (Å²) in [6.07, 6.45) is -1.90. The highest BCUT2D eigenvalue weighted by Gasteiger charge is 2.30. The van der Waals surface area contributed by atoms with Gasteiger partial charge in [-0.3, -0.25) is 4.79 Å². The second kappa shape index (κ2) is 5.35. The third-order valence-corrected chi connectivity index (χ3v) is 2.94. The van der Waals surface area contributed by atoms with Crippen molar-refractivity contribution in [2.45, 2.75) is 16.3 Å². The van der Waals surface area contributed by atoms with Crippen LogP contribution < -0.4 is 10.3 Å². The Morgan fingerprint density at radius 1 is 1.21 bits per heavy atom. The van der Waals surface area contributed by atoms with Gasteiger partial charge in [-0.05, 0) is 24.3 Å². The number of nitrogens with one attached hydrogen (secondary N) is 1. The summed E-state index contributed by atoms with van der Waals surface area (Å²) in [6.45, 7) is 0. The SMILES string of the molecule is O=c1[nH]ccnc1Sc1ccc(OC(F)(F)F)cc1. The summed E-state index contributed by atoms with van der Waals surface area (Å²) >= 11 is 1.05. The number of aromatic amines is 1. The zero-order chi connectivity index (χ0) is 13.9. The summed E-state index contributed by atoms with van der Waals surface area (Å²) in [4.78, 5) is 18.3. The molecule has 0 atom stereocenters. The van der Waals surface area contributed by atoms with Crippen LogP contribution in [-0.4, -0.2) is 16.3 Å². The van der Waals surface area contributed by atoms with Crippen LogP contribution in [0.5, 0.6) is 5.75 Å². The lowest BCUT2D eigenvalue weighted by Crippen LogP contribution is -2.16. The van der Waals surface area contributed by atoms with Gasteiger partial charge in [-0.25, -0.2) is 4.98 Å². The van der Waals surface area contributed by atoms with Crippen molar-refractivity contribution in [2.24, 2.45) is 0 Å². The molecular formula is C11H7F3N2O2S. The third-order valence-electron chi connectivity index (χ3n) is 1.95. The van der Waals surface area contributed by atoms with Gasteiger partial charge in [0, 0.05) is 17.3 Å². The Morgan fingerprint density at radius 2 is 1.89 bits per heavy atom.